The van der Waals surface area contributed by atoms with E-state index in [1.165, 1.54) is 0 Å². The molecule has 100 valence electrons. The van der Waals surface area contributed by atoms with E-state index in [0.717, 1.165) is 16.5 Å². The van der Waals surface area contributed by atoms with Gasteiger partial charge in [0, 0.05) is 28.2 Å². The second kappa shape index (κ2) is 6.76. The van der Waals surface area contributed by atoms with Crippen molar-refractivity contribution >= 4 is 29.3 Å². The van der Waals surface area contributed by atoms with Crippen LogP contribution in [0.4, 0.5) is 5.82 Å². The van der Waals surface area contributed by atoms with Gasteiger partial charge in [-0.25, -0.2) is 0 Å². The van der Waals surface area contributed by atoms with Crippen LogP contribution in [0.25, 0.3) is 22.0 Å². The first-order valence-corrected chi connectivity index (χ1v) is 6.45. The monoisotopic (exact) mass is 329 g/mol. The molecule has 22 heavy (non-hydrogen) atoms. The first-order valence-electron chi connectivity index (χ1n) is 6.04. The molecular formula is C15H8KN5S. The Morgan fingerprint density at radius 3 is 2.50 bits per heavy atom. The van der Waals surface area contributed by atoms with Gasteiger partial charge in [0.15, 0.2) is 0 Å². The Kier molecular flexibility index (Phi) is 5.19. The predicted molar refractivity (Wildman–Crippen MR) is 81.0 cm³/mol. The van der Waals surface area contributed by atoms with Gasteiger partial charge >= 0.3 is 51.4 Å². The van der Waals surface area contributed by atoms with Crippen LogP contribution < -0.4 is 57.1 Å². The predicted octanol–water partition coefficient (Wildman–Crippen LogP) is -0.535. The van der Waals surface area contributed by atoms with Crippen molar-refractivity contribution in [2.45, 2.75) is 5.03 Å². The van der Waals surface area contributed by atoms with Crippen molar-refractivity contribution in [1.82, 2.24) is 9.97 Å². The number of aromatic nitrogens is 2. The molecule has 0 spiro atoms. The fourth-order valence-corrected chi connectivity index (χ4v) is 2.59. The van der Waals surface area contributed by atoms with Crippen LogP contribution in [0, 0.1) is 22.7 Å². The molecule has 3 aromatic rings. The third-order valence-electron chi connectivity index (χ3n) is 3.27. The zero-order valence-electron chi connectivity index (χ0n) is 11.7. The molecule has 0 aliphatic rings. The molecule has 0 atom stereocenters. The average molecular weight is 329 g/mol. The number of nitrogens with zero attached hydrogens (tertiary/aromatic N) is 3. The number of nitrogens with two attached hydrogens (primary N) is 1. The SMILES string of the molecule is N#Cc1c(N)nc([S-])c(C#N)c1-c1c[nH]c2ccccc12.[K+]. The molecule has 5 nitrogen and oxygen atoms in total. The number of rotatable bonds is 1. The van der Waals surface area contributed by atoms with Crippen LogP contribution in [-0.2, 0) is 12.6 Å². The molecule has 0 unspecified atom stereocenters. The molecule has 0 amide bonds. The minimum atomic E-state index is 0. The van der Waals surface area contributed by atoms with Crippen molar-refractivity contribution in [3.05, 3.63) is 41.6 Å². The zero-order chi connectivity index (χ0) is 15.0. The Labute approximate surface area is 175 Å². The van der Waals surface area contributed by atoms with Gasteiger partial charge in [0.25, 0.3) is 0 Å². The molecule has 0 bridgehead atoms. The van der Waals surface area contributed by atoms with Crippen molar-refractivity contribution in [2.75, 3.05) is 5.73 Å². The normalized spacial score (nSPS) is 9.73. The van der Waals surface area contributed by atoms with Crippen LogP contribution in [0.1, 0.15) is 11.1 Å². The molecule has 0 aliphatic carbocycles. The van der Waals surface area contributed by atoms with Gasteiger partial charge in [0.05, 0.1) is 11.6 Å². The molecule has 0 radical (unpaired) electrons. The molecule has 1 aromatic carbocycles. The Morgan fingerprint density at radius 2 is 1.82 bits per heavy atom. The van der Waals surface area contributed by atoms with Crippen LogP contribution in [0.3, 0.4) is 0 Å². The molecule has 2 aromatic heterocycles. The van der Waals surface area contributed by atoms with Gasteiger partial charge in [-0.1, -0.05) is 23.2 Å². The summed E-state index contributed by atoms with van der Waals surface area (Å²) in [5, 5.41) is 19.7. The van der Waals surface area contributed by atoms with Crippen LogP contribution >= 0.6 is 0 Å². The summed E-state index contributed by atoms with van der Waals surface area (Å²) in [7, 11) is 0. The van der Waals surface area contributed by atoms with E-state index >= 15 is 0 Å². The minimum absolute atomic E-state index is 0. The van der Waals surface area contributed by atoms with E-state index in [2.05, 4.69) is 9.97 Å². The summed E-state index contributed by atoms with van der Waals surface area (Å²) in [6.45, 7) is 0. The van der Waals surface area contributed by atoms with Crippen LogP contribution in [0.5, 0.6) is 0 Å². The quantitative estimate of drug-likeness (QED) is 0.461. The summed E-state index contributed by atoms with van der Waals surface area (Å²) in [5.41, 5.74) is 8.22. The molecular weight excluding hydrogens is 321 g/mol. The smallest absolute Gasteiger partial charge is 0.759 e. The Bertz CT molecular complexity index is 911. The van der Waals surface area contributed by atoms with E-state index in [1.54, 1.807) is 6.20 Å². The largest absolute Gasteiger partial charge is 1.00 e. The molecule has 0 saturated carbocycles. The topological polar surface area (TPSA) is 102 Å². The van der Waals surface area contributed by atoms with Crippen LogP contribution in [0.2, 0.25) is 0 Å². The van der Waals surface area contributed by atoms with E-state index < -0.39 is 0 Å². The van der Waals surface area contributed by atoms with E-state index in [9.17, 15) is 10.5 Å². The summed E-state index contributed by atoms with van der Waals surface area (Å²) in [6.07, 6.45) is 1.75. The van der Waals surface area contributed by atoms with Gasteiger partial charge in [-0.3, -0.25) is 4.98 Å². The fraction of sp³-hybridized carbons (Fsp3) is 0. The Morgan fingerprint density at radius 1 is 1.14 bits per heavy atom. The first kappa shape index (κ1) is 16.9. The minimum Gasteiger partial charge on any atom is -0.759 e. The number of pyridine rings is 1. The third kappa shape index (κ3) is 2.64. The number of benzene rings is 1. The number of anilines is 1. The number of hydrogen-bond acceptors (Lipinski definition) is 5. The second-order valence-electron chi connectivity index (χ2n) is 4.40. The van der Waals surface area contributed by atoms with Gasteiger partial charge in [-0.15, -0.1) is 0 Å². The molecule has 3 N–H and O–H groups in total. The van der Waals surface area contributed by atoms with Gasteiger partial charge < -0.3 is 23.3 Å². The fourth-order valence-electron chi connectivity index (χ4n) is 2.35. The van der Waals surface area contributed by atoms with Gasteiger partial charge in [0.1, 0.15) is 17.5 Å². The molecule has 7 heteroatoms. The maximum absolute atomic E-state index is 9.36. The Hall–Kier alpha value is -1.45. The first-order chi connectivity index (χ1) is 10.2. The average Bonchev–Trinajstić information content (AvgIpc) is 2.90. The van der Waals surface area contributed by atoms with Crippen LogP contribution in [0.15, 0.2) is 35.5 Å². The van der Waals surface area contributed by atoms with Crippen molar-refractivity contribution < 1.29 is 51.4 Å². The van der Waals surface area contributed by atoms with Gasteiger partial charge in [0.2, 0.25) is 0 Å². The van der Waals surface area contributed by atoms with Crippen molar-refractivity contribution in [3.63, 3.8) is 0 Å². The number of H-pyrrole nitrogens is 1. The van der Waals surface area contributed by atoms with E-state index in [4.69, 9.17) is 18.4 Å². The standard InChI is InChI=1S/C15H9N5S.K/c16-5-9-13(10(6-17)15(21)20-14(9)18)11-7-19-12-4-2-1-3-8(11)12;/h1-4,7,19H,(H3,18,20,21);/q;+1/p-1. The summed E-state index contributed by atoms with van der Waals surface area (Å²) in [5.74, 6) is 0.0433. The summed E-state index contributed by atoms with van der Waals surface area (Å²) >= 11 is 5.10. The van der Waals surface area contributed by atoms with Gasteiger partial charge in [-0.2, -0.15) is 10.5 Å². The molecule has 0 saturated heterocycles. The number of nitrogen functional groups attached to an aromatic ring is 1. The van der Waals surface area contributed by atoms with E-state index in [-0.39, 0.29) is 73.4 Å². The third-order valence-corrected chi connectivity index (χ3v) is 3.57. The number of nitriles is 2. The zero-order valence-corrected chi connectivity index (χ0v) is 15.7. The van der Waals surface area contributed by atoms with Crippen molar-refractivity contribution in [2.24, 2.45) is 0 Å². The molecule has 3 rings (SSSR count). The van der Waals surface area contributed by atoms with Gasteiger partial charge in [-0.05, 0) is 6.07 Å². The number of fused-ring (bicyclic) bond motifs is 1. The number of aromatic amines is 1. The number of nitrogens with one attached hydrogen (secondary N) is 1. The maximum atomic E-state index is 9.36. The van der Waals surface area contributed by atoms with Crippen molar-refractivity contribution in [1.29, 1.82) is 10.5 Å². The summed E-state index contributed by atoms with van der Waals surface area (Å²) in [4.78, 5) is 7.02. The summed E-state index contributed by atoms with van der Waals surface area (Å²) < 4.78 is 0. The van der Waals surface area contributed by atoms with E-state index in [1.807, 2.05) is 36.4 Å². The summed E-state index contributed by atoms with van der Waals surface area (Å²) in [6, 6.07) is 11.7. The van der Waals surface area contributed by atoms with Crippen LogP contribution in [-0.4, -0.2) is 9.97 Å². The molecule has 0 fully saturated rings. The maximum Gasteiger partial charge on any atom is 1.00 e. The van der Waals surface area contributed by atoms with E-state index in [0.29, 0.717) is 5.56 Å². The van der Waals surface area contributed by atoms with Crippen molar-refractivity contribution in [3.8, 4) is 23.3 Å². The second-order valence-corrected chi connectivity index (χ2v) is 4.79. The number of para-hydroxylation sites is 1. The molecule has 0 aliphatic heterocycles. The molecule has 2 heterocycles. The Balaban J connectivity index is 0.00000176. The number of hydrogen-bond donors (Lipinski definition) is 2.